The van der Waals surface area contributed by atoms with E-state index in [-0.39, 0.29) is 6.61 Å². The molecule has 1 rings (SSSR count). The molecule has 1 unspecified atom stereocenters. The fourth-order valence-electron chi connectivity index (χ4n) is 1.47. The first-order valence-corrected chi connectivity index (χ1v) is 7.11. The second kappa shape index (κ2) is 7.93. The molecule has 1 aromatic carbocycles. The quantitative estimate of drug-likeness (QED) is 0.643. The molecular weight excluding hydrogens is 268 g/mol. The van der Waals surface area contributed by atoms with Crippen molar-refractivity contribution in [3.63, 3.8) is 0 Å². The van der Waals surface area contributed by atoms with Crippen molar-refractivity contribution in [2.75, 3.05) is 13.2 Å². The van der Waals surface area contributed by atoms with Crippen LogP contribution in [0.1, 0.15) is 17.5 Å². The molecule has 0 aromatic heterocycles. The maximum Gasteiger partial charge on any atom is 0.161 e. The number of thiol groups is 1. The summed E-state index contributed by atoms with van der Waals surface area (Å²) in [6.45, 7) is 1.88. The van der Waals surface area contributed by atoms with Crippen molar-refractivity contribution in [1.29, 1.82) is 0 Å². The van der Waals surface area contributed by atoms with E-state index < -0.39 is 16.8 Å². The highest BCUT2D eigenvalue weighted by molar-refractivity contribution is 7.75. The first-order valence-electron chi connectivity index (χ1n) is 5.87. The molecule has 0 bridgehead atoms. The standard InChI is InChI=1S/C13H18O5S/c1-10-8-13(18-6-4-12(15)9-14)3-2-11(10)5-7-19(16)17/h2-3,5,7-8,12,14-15,19H,4,6,9H2,1H3/b7-5+. The van der Waals surface area contributed by atoms with E-state index >= 15 is 0 Å². The van der Waals surface area contributed by atoms with Crippen LogP contribution in [0.3, 0.4) is 0 Å². The van der Waals surface area contributed by atoms with Gasteiger partial charge in [0.25, 0.3) is 0 Å². The van der Waals surface area contributed by atoms with E-state index in [2.05, 4.69) is 0 Å². The Labute approximate surface area is 114 Å². The van der Waals surface area contributed by atoms with Crippen LogP contribution in [0, 0.1) is 6.92 Å². The van der Waals surface area contributed by atoms with Gasteiger partial charge < -0.3 is 14.9 Å². The molecule has 0 aliphatic rings. The first kappa shape index (κ1) is 15.7. The topological polar surface area (TPSA) is 83.8 Å². The Morgan fingerprint density at radius 2 is 2.16 bits per heavy atom. The van der Waals surface area contributed by atoms with Crippen molar-refractivity contribution in [3.05, 3.63) is 34.7 Å². The van der Waals surface area contributed by atoms with Crippen molar-refractivity contribution in [3.8, 4) is 5.75 Å². The highest BCUT2D eigenvalue weighted by Crippen LogP contribution is 2.18. The van der Waals surface area contributed by atoms with Gasteiger partial charge in [-0.1, -0.05) is 6.07 Å². The van der Waals surface area contributed by atoms with Gasteiger partial charge in [0.15, 0.2) is 10.7 Å². The lowest BCUT2D eigenvalue weighted by Gasteiger charge is -2.10. The third-order valence-electron chi connectivity index (χ3n) is 2.55. The molecule has 19 heavy (non-hydrogen) atoms. The van der Waals surface area contributed by atoms with Gasteiger partial charge in [0.1, 0.15) is 5.75 Å². The van der Waals surface area contributed by atoms with E-state index in [4.69, 9.17) is 14.9 Å². The normalized spacial score (nSPS) is 13.1. The van der Waals surface area contributed by atoms with Crippen LogP contribution in [-0.4, -0.2) is 37.9 Å². The highest BCUT2D eigenvalue weighted by Gasteiger charge is 2.03. The minimum Gasteiger partial charge on any atom is -0.493 e. The van der Waals surface area contributed by atoms with E-state index in [1.54, 1.807) is 18.2 Å². The molecule has 0 amide bonds. The molecule has 0 saturated carbocycles. The summed E-state index contributed by atoms with van der Waals surface area (Å²) >= 11 is 0. The first-order chi connectivity index (χ1) is 9.02. The van der Waals surface area contributed by atoms with Crippen LogP contribution < -0.4 is 4.74 Å². The van der Waals surface area contributed by atoms with Gasteiger partial charge in [0.05, 0.1) is 19.3 Å². The summed E-state index contributed by atoms with van der Waals surface area (Å²) in [7, 11) is -2.53. The number of rotatable bonds is 7. The molecule has 1 aromatic rings. The number of ether oxygens (including phenoxy) is 1. The van der Waals surface area contributed by atoms with Crippen molar-refractivity contribution < 1.29 is 23.4 Å². The summed E-state index contributed by atoms with van der Waals surface area (Å²) < 4.78 is 26.4. The van der Waals surface area contributed by atoms with Gasteiger partial charge in [-0.25, -0.2) is 8.42 Å². The Morgan fingerprint density at radius 3 is 2.74 bits per heavy atom. The van der Waals surface area contributed by atoms with Crippen molar-refractivity contribution >= 4 is 16.8 Å². The van der Waals surface area contributed by atoms with Gasteiger partial charge in [-0.3, -0.25) is 0 Å². The van der Waals surface area contributed by atoms with Crippen LogP contribution in [-0.2, 0) is 10.7 Å². The largest absolute Gasteiger partial charge is 0.493 e. The molecule has 0 aliphatic carbocycles. The molecule has 0 aliphatic heterocycles. The molecule has 5 nitrogen and oxygen atoms in total. The summed E-state index contributed by atoms with van der Waals surface area (Å²) in [6.07, 6.45) is 1.12. The Kier molecular flexibility index (Phi) is 6.55. The van der Waals surface area contributed by atoms with Crippen LogP contribution in [0.25, 0.3) is 6.08 Å². The molecule has 0 spiro atoms. The molecule has 0 fully saturated rings. The van der Waals surface area contributed by atoms with Gasteiger partial charge in [0, 0.05) is 11.8 Å². The van der Waals surface area contributed by atoms with Crippen LogP contribution in [0.4, 0.5) is 0 Å². The van der Waals surface area contributed by atoms with Gasteiger partial charge in [-0.05, 0) is 36.3 Å². The number of benzene rings is 1. The average molecular weight is 286 g/mol. The maximum atomic E-state index is 10.5. The van der Waals surface area contributed by atoms with Crippen LogP contribution in [0.15, 0.2) is 23.6 Å². The SMILES string of the molecule is Cc1cc(OCCC(O)CO)ccc1/C=C/[SH](=O)=O. The van der Waals surface area contributed by atoms with Crippen LogP contribution in [0.5, 0.6) is 5.75 Å². The monoisotopic (exact) mass is 286 g/mol. The smallest absolute Gasteiger partial charge is 0.161 e. The number of hydrogen-bond donors (Lipinski definition) is 3. The third-order valence-corrected chi connectivity index (χ3v) is 2.94. The second-order valence-corrected chi connectivity index (χ2v) is 4.96. The van der Waals surface area contributed by atoms with Gasteiger partial charge >= 0.3 is 0 Å². The summed E-state index contributed by atoms with van der Waals surface area (Å²) in [4.78, 5) is 0. The lowest BCUT2D eigenvalue weighted by atomic mass is 10.1. The number of aliphatic hydroxyl groups excluding tert-OH is 2. The maximum absolute atomic E-state index is 10.5. The molecule has 6 heteroatoms. The fourth-order valence-corrected chi connectivity index (χ4v) is 1.75. The van der Waals surface area contributed by atoms with Crippen molar-refractivity contribution in [2.24, 2.45) is 0 Å². The number of aliphatic hydroxyl groups is 2. The van der Waals surface area contributed by atoms with Gasteiger partial charge in [-0.2, -0.15) is 0 Å². The van der Waals surface area contributed by atoms with Gasteiger partial charge in [0.2, 0.25) is 0 Å². The summed E-state index contributed by atoms with van der Waals surface area (Å²) in [5.41, 5.74) is 1.70. The molecule has 0 radical (unpaired) electrons. The number of hydrogen-bond acceptors (Lipinski definition) is 5. The van der Waals surface area contributed by atoms with E-state index in [0.717, 1.165) is 16.5 Å². The molecule has 106 valence electrons. The van der Waals surface area contributed by atoms with E-state index in [1.807, 2.05) is 6.92 Å². The molecule has 1 atom stereocenters. The fraction of sp³-hybridized carbons (Fsp3) is 0.385. The van der Waals surface area contributed by atoms with Crippen molar-refractivity contribution in [1.82, 2.24) is 0 Å². The predicted octanol–water partition coefficient (Wildman–Crippen LogP) is 0.699. The Morgan fingerprint density at radius 1 is 1.42 bits per heavy atom. The Hall–Kier alpha value is -1.37. The second-order valence-electron chi connectivity index (χ2n) is 4.09. The van der Waals surface area contributed by atoms with E-state index in [0.29, 0.717) is 18.8 Å². The minimum atomic E-state index is -2.53. The van der Waals surface area contributed by atoms with Gasteiger partial charge in [-0.15, -0.1) is 0 Å². The molecule has 0 heterocycles. The third kappa shape index (κ3) is 5.87. The molecular formula is C13H18O5S. The van der Waals surface area contributed by atoms with Crippen LogP contribution >= 0.6 is 0 Å². The predicted molar refractivity (Wildman–Crippen MR) is 73.7 cm³/mol. The van der Waals surface area contributed by atoms with Crippen molar-refractivity contribution in [2.45, 2.75) is 19.4 Å². The lowest BCUT2D eigenvalue weighted by molar-refractivity contribution is 0.0754. The van der Waals surface area contributed by atoms with Crippen LogP contribution in [0.2, 0.25) is 0 Å². The van der Waals surface area contributed by atoms with E-state index in [9.17, 15) is 8.42 Å². The zero-order valence-corrected chi connectivity index (χ0v) is 11.5. The Bertz CT molecular complexity index is 500. The average Bonchev–Trinajstić information content (AvgIpc) is 2.37. The summed E-state index contributed by atoms with van der Waals surface area (Å²) in [5.74, 6) is 0.645. The molecule has 2 N–H and O–H groups in total. The summed E-state index contributed by atoms with van der Waals surface area (Å²) in [6, 6.07) is 5.29. The zero-order chi connectivity index (χ0) is 14.3. The minimum absolute atomic E-state index is 0.278. The Balaban J connectivity index is 2.61. The zero-order valence-electron chi connectivity index (χ0n) is 10.7. The van der Waals surface area contributed by atoms with E-state index in [1.165, 1.54) is 6.08 Å². The number of aryl methyl sites for hydroxylation is 1. The lowest BCUT2D eigenvalue weighted by Crippen LogP contribution is -2.15. The summed E-state index contributed by atoms with van der Waals surface area (Å²) in [5, 5.41) is 18.9. The molecule has 0 saturated heterocycles. The highest BCUT2D eigenvalue weighted by atomic mass is 32.2.